The van der Waals surface area contributed by atoms with Gasteiger partial charge in [0.1, 0.15) is 0 Å². The Kier molecular flexibility index (Phi) is 6.35. The first-order chi connectivity index (χ1) is 11.8. The molecule has 3 unspecified atom stereocenters. The van der Waals surface area contributed by atoms with E-state index < -0.39 is 0 Å². The van der Waals surface area contributed by atoms with Gasteiger partial charge in [-0.05, 0) is 64.5 Å². The van der Waals surface area contributed by atoms with Gasteiger partial charge >= 0.3 is 0 Å². The number of hydrogen-bond donors (Lipinski definition) is 0. The molecule has 1 aliphatic heterocycles. The molecule has 1 fully saturated rings. The van der Waals surface area contributed by atoms with Gasteiger partial charge in [-0.25, -0.2) is 0 Å². The second-order valence-corrected chi connectivity index (χ2v) is 8.32. The molecule has 1 aromatic rings. The highest BCUT2D eigenvalue weighted by Crippen LogP contribution is 2.48. The number of nitrogens with zero attached hydrogens (tertiary/aromatic N) is 1. The number of hydrogen-bond acceptors (Lipinski definition) is 1. The molecule has 2 nitrogen and oxygen atoms in total. The zero-order chi connectivity index (χ0) is 18.7. The van der Waals surface area contributed by atoms with Crippen LogP contribution >= 0.6 is 0 Å². The maximum Gasteiger partial charge on any atom is 0.254 e. The highest BCUT2D eigenvalue weighted by Gasteiger charge is 2.52. The number of rotatable bonds is 6. The lowest BCUT2D eigenvalue weighted by Crippen LogP contribution is -2.66. The second-order valence-electron chi connectivity index (χ2n) is 8.32. The Balaban J connectivity index is 2.52. The number of carbonyl (C=O) groups excluding carboxylic acids is 1. The van der Waals surface area contributed by atoms with Crippen LogP contribution in [0, 0.1) is 19.3 Å². The summed E-state index contributed by atoms with van der Waals surface area (Å²) in [5.41, 5.74) is 1.83. The van der Waals surface area contributed by atoms with Crippen molar-refractivity contribution in [1.29, 1.82) is 0 Å². The van der Waals surface area contributed by atoms with E-state index in [4.69, 9.17) is 0 Å². The Labute approximate surface area is 155 Å². The summed E-state index contributed by atoms with van der Waals surface area (Å²) < 4.78 is 0. The summed E-state index contributed by atoms with van der Waals surface area (Å²) in [7, 11) is 0. The molecule has 0 aliphatic carbocycles. The highest BCUT2D eigenvalue weighted by molar-refractivity contribution is 5.95. The smallest absolute Gasteiger partial charge is 0.254 e. The van der Waals surface area contributed by atoms with Gasteiger partial charge in [0.25, 0.3) is 5.91 Å². The normalized spacial score (nSPS) is 29.7. The van der Waals surface area contributed by atoms with Crippen LogP contribution in [0.3, 0.4) is 0 Å². The molecule has 1 radical (unpaired) electrons. The molecule has 1 saturated heterocycles. The first kappa shape index (κ1) is 20.0. The molecule has 1 aromatic carbocycles. The summed E-state index contributed by atoms with van der Waals surface area (Å²) in [6, 6.07) is 8.09. The van der Waals surface area contributed by atoms with Crippen LogP contribution in [0.2, 0.25) is 0 Å². The fraction of sp³-hybridized carbons (Fsp3) is 0.652. The molecule has 1 amide bonds. The van der Waals surface area contributed by atoms with Crippen molar-refractivity contribution in [2.75, 3.05) is 0 Å². The van der Waals surface area contributed by atoms with Crippen LogP contribution in [0.25, 0.3) is 0 Å². The summed E-state index contributed by atoms with van der Waals surface area (Å²) in [4.78, 5) is 15.9. The Morgan fingerprint density at radius 3 is 2.20 bits per heavy atom. The van der Waals surface area contributed by atoms with Gasteiger partial charge in [0.2, 0.25) is 0 Å². The lowest BCUT2D eigenvalue weighted by molar-refractivity contribution is -0.0467. The van der Waals surface area contributed by atoms with Crippen LogP contribution < -0.4 is 0 Å². The number of likely N-dealkylation sites (tertiary alicyclic amines) is 1. The molecule has 25 heavy (non-hydrogen) atoms. The van der Waals surface area contributed by atoms with Crippen LogP contribution in [0.4, 0.5) is 0 Å². The van der Waals surface area contributed by atoms with E-state index in [1.165, 1.54) is 5.56 Å². The summed E-state index contributed by atoms with van der Waals surface area (Å²) >= 11 is 0. The third kappa shape index (κ3) is 3.78. The topological polar surface area (TPSA) is 20.3 Å². The molecule has 0 spiro atoms. The van der Waals surface area contributed by atoms with E-state index in [2.05, 4.69) is 65.0 Å². The van der Waals surface area contributed by atoms with Gasteiger partial charge in [0, 0.05) is 16.6 Å². The lowest BCUT2D eigenvalue weighted by atomic mass is 9.66. The second kappa shape index (κ2) is 7.93. The Bertz CT molecular complexity index is 578. The number of amides is 1. The van der Waals surface area contributed by atoms with Gasteiger partial charge in [-0.3, -0.25) is 4.79 Å². The van der Waals surface area contributed by atoms with E-state index in [1.807, 2.05) is 12.1 Å². The van der Waals surface area contributed by atoms with Crippen molar-refractivity contribution in [1.82, 2.24) is 4.90 Å². The third-order valence-corrected chi connectivity index (χ3v) is 6.18. The average Bonchev–Trinajstić information content (AvgIpc) is 2.55. The van der Waals surface area contributed by atoms with Gasteiger partial charge < -0.3 is 4.90 Å². The molecule has 1 heterocycles. The quantitative estimate of drug-likeness (QED) is 0.603. The number of carbonyl (C=O) groups is 1. The van der Waals surface area contributed by atoms with Crippen LogP contribution in [-0.4, -0.2) is 21.9 Å². The minimum atomic E-state index is -0.104. The third-order valence-electron chi connectivity index (χ3n) is 6.18. The Morgan fingerprint density at radius 2 is 1.68 bits per heavy atom. The molecule has 3 atom stereocenters. The summed E-state index contributed by atoms with van der Waals surface area (Å²) in [6.45, 7) is 13.4. The molecule has 0 aromatic heterocycles. The predicted molar refractivity (Wildman–Crippen MR) is 107 cm³/mol. The van der Waals surface area contributed by atoms with E-state index in [0.717, 1.165) is 44.1 Å². The number of benzene rings is 1. The van der Waals surface area contributed by atoms with Gasteiger partial charge in [0.15, 0.2) is 0 Å². The molecule has 2 heteroatoms. The minimum absolute atomic E-state index is 0.0910. The van der Waals surface area contributed by atoms with Crippen molar-refractivity contribution in [3.8, 4) is 0 Å². The Hall–Kier alpha value is -1.31. The molecule has 1 aliphatic rings. The first-order valence-electron chi connectivity index (χ1n) is 10.1. The maximum absolute atomic E-state index is 13.7. The number of aryl methyl sites for hydroxylation is 1. The van der Waals surface area contributed by atoms with Crippen molar-refractivity contribution in [2.24, 2.45) is 5.92 Å². The van der Waals surface area contributed by atoms with Crippen LogP contribution in [0.15, 0.2) is 24.3 Å². The van der Waals surface area contributed by atoms with Crippen LogP contribution in [0.5, 0.6) is 0 Å². The van der Waals surface area contributed by atoms with Crippen LogP contribution in [-0.2, 0) is 0 Å². The van der Waals surface area contributed by atoms with Crippen molar-refractivity contribution in [3.05, 3.63) is 41.8 Å². The Morgan fingerprint density at radius 1 is 1.08 bits per heavy atom. The van der Waals surface area contributed by atoms with Crippen molar-refractivity contribution in [2.45, 2.75) is 91.1 Å². The lowest BCUT2D eigenvalue weighted by Gasteiger charge is -2.59. The SMILES string of the molecule is CCCC1(C)C[CH]C(CC)C(C)(CCC)N1C(=O)c1ccc(C)cc1. The molecule has 0 saturated carbocycles. The molecular formula is C23H36NO. The standard InChI is InChI=1S/C23H36NO/c1-7-15-22(5)17-14-20(9-3)23(6,16-8-2)24(22)21(25)19-12-10-18(4)11-13-19/h10-14,20H,7-9,15-17H2,1-6H3. The van der Waals surface area contributed by atoms with Crippen molar-refractivity contribution >= 4 is 5.91 Å². The van der Waals surface area contributed by atoms with E-state index >= 15 is 0 Å². The maximum atomic E-state index is 13.7. The van der Waals surface area contributed by atoms with Crippen LogP contribution in [0.1, 0.15) is 89.1 Å². The summed E-state index contributed by atoms with van der Waals surface area (Å²) in [5, 5.41) is 0. The van der Waals surface area contributed by atoms with Crippen molar-refractivity contribution in [3.63, 3.8) is 0 Å². The fourth-order valence-electron chi connectivity index (χ4n) is 4.99. The van der Waals surface area contributed by atoms with E-state index in [0.29, 0.717) is 5.92 Å². The zero-order valence-electron chi connectivity index (χ0n) is 17.1. The van der Waals surface area contributed by atoms with E-state index in [1.54, 1.807) is 0 Å². The molecule has 2 rings (SSSR count). The fourth-order valence-corrected chi connectivity index (χ4v) is 4.99. The van der Waals surface area contributed by atoms with Crippen molar-refractivity contribution < 1.29 is 4.79 Å². The summed E-state index contributed by atoms with van der Waals surface area (Å²) in [5.74, 6) is 0.672. The van der Waals surface area contributed by atoms with Gasteiger partial charge in [-0.1, -0.05) is 57.7 Å². The minimum Gasteiger partial charge on any atom is -0.328 e. The average molecular weight is 343 g/mol. The zero-order valence-corrected chi connectivity index (χ0v) is 17.1. The predicted octanol–water partition coefficient (Wildman–Crippen LogP) is 6.19. The molecular weight excluding hydrogens is 306 g/mol. The van der Waals surface area contributed by atoms with Gasteiger partial charge in [0.05, 0.1) is 0 Å². The summed E-state index contributed by atoms with van der Waals surface area (Å²) in [6.07, 6.45) is 8.90. The molecule has 0 N–H and O–H groups in total. The largest absolute Gasteiger partial charge is 0.328 e. The molecule has 0 bridgehead atoms. The number of piperidine rings is 1. The van der Waals surface area contributed by atoms with Gasteiger partial charge in [-0.15, -0.1) is 0 Å². The molecule has 139 valence electrons. The monoisotopic (exact) mass is 342 g/mol. The van der Waals surface area contributed by atoms with E-state index in [9.17, 15) is 4.79 Å². The van der Waals surface area contributed by atoms with E-state index in [-0.39, 0.29) is 17.0 Å². The highest BCUT2D eigenvalue weighted by atomic mass is 16.2. The van der Waals surface area contributed by atoms with Gasteiger partial charge in [-0.2, -0.15) is 0 Å². The first-order valence-corrected chi connectivity index (χ1v) is 10.1.